The van der Waals surface area contributed by atoms with Crippen LogP contribution >= 0.6 is 15.9 Å². The molecule has 0 N–H and O–H groups in total. The largest absolute Gasteiger partial charge is 0.294 e. The summed E-state index contributed by atoms with van der Waals surface area (Å²) < 4.78 is 14.0. The van der Waals surface area contributed by atoms with Gasteiger partial charge in [-0.2, -0.15) is 0 Å². The Morgan fingerprint density at radius 3 is 2.78 bits per heavy atom. The van der Waals surface area contributed by atoms with Crippen molar-refractivity contribution in [2.45, 2.75) is 13.3 Å². The lowest BCUT2D eigenvalue weighted by molar-refractivity contribution is 0.0989. The van der Waals surface area contributed by atoms with Crippen LogP contribution in [-0.4, -0.2) is 10.8 Å². The lowest BCUT2D eigenvalue weighted by Crippen LogP contribution is -2.00. The first-order valence-electron chi connectivity index (χ1n) is 5.56. The molecule has 92 valence electrons. The molecule has 0 fully saturated rings. The summed E-state index contributed by atoms with van der Waals surface area (Å²) in [7, 11) is 0. The van der Waals surface area contributed by atoms with Gasteiger partial charge in [0.15, 0.2) is 5.78 Å². The minimum absolute atomic E-state index is 0.00191. The molecule has 1 heterocycles. The van der Waals surface area contributed by atoms with Crippen LogP contribution in [0.5, 0.6) is 0 Å². The molecule has 2 rings (SSSR count). The van der Waals surface area contributed by atoms with Gasteiger partial charge in [-0.3, -0.25) is 4.79 Å². The molecule has 0 unspecified atom stereocenters. The number of hydrogen-bond acceptors (Lipinski definition) is 2. The van der Waals surface area contributed by atoms with Crippen LogP contribution in [0.3, 0.4) is 0 Å². The summed E-state index contributed by atoms with van der Waals surface area (Å²) in [5.74, 6) is -0.358. The predicted molar refractivity (Wildman–Crippen MR) is 72.0 cm³/mol. The van der Waals surface area contributed by atoms with Crippen LogP contribution in [0.15, 0.2) is 41.1 Å². The van der Waals surface area contributed by atoms with Crippen LogP contribution in [0, 0.1) is 5.82 Å². The normalized spacial score (nSPS) is 10.4. The average Bonchev–Trinajstić information content (AvgIpc) is 2.38. The highest BCUT2D eigenvalue weighted by atomic mass is 79.9. The van der Waals surface area contributed by atoms with Crippen LogP contribution in [-0.2, 0) is 0 Å². The van der Waals surface area contributed by atoms with E-state index in [2.05, 4.69) is 20.9 Å². The number of carbonyl (C=O) groups is 1. The summed E-state index contributed by atoms with van der Waals surface area (Å²) in [6.07, 6.45) is 2.01. The van der Waals surface area contributed by atoms with Crippen molar-refractivity contribution in [3.05, 3.63) is 52.5 Å². The van der Waals surface area contributed by atoms with E-state index in [0.717, 1.165) is 5.56 Å². The molecule has 2 aromatic rings. The second-order valence-corrected chi connectivity index (χ2v) is 4.65. The van der Waals surface area contributed by atoms with E-state index in [4.69, 9.17) is 0 Å². The maximum atomic E-state index is 13.4. The molecule has 1 aromatic heterocycles. The quantitative estimate of drug-likeness (QED) is 0.627. The van der Waals surface area contributed by atoms with Crippen molar-refractivity contribution in [1.29, 1.82) is 0 Å². The Morgan fingerprint density at radius 2 is 2.11 bits per heavy atom. The fourth-order valence-electron chi connectivity index (χ4n) is 1.76. The molecule has 0 atom stereocenters. The van der Waals surface area contributed by atoms with Crippen LogP contribution in [0.1, 0.15) is 23.7 Å². The summed E-state index contributed by atoms with van der Waals surface area (Å²) in [6, 6.07) is 7.74. The monoisotopic (exact) mass is 307 g/mol. The number of nitrogens with zero attached hydrogens (tertiary/aromatic N) is 1. The zero-order chi connectivity index (χ0) is 13.1. The molecule has 0 saturated carbocycles. The summed E-state index contributed by atoms with van der Waals surface area (Å²) >= 11 is 3.27. The molecule has 0 amide bonds. The Bertz CT molecular complexity index is 598. The molecular weight excluding hydrogens is 297 g/mol. The highest BCUT2D eigenvalue weighted by molar-refractivity contribution is 9.10. The highest BCUT2D eigenvalue weighted by Crippen LogP contribution is 2.27. The van der Waals surface area contributed by atoms with Crippen molar-refractivity contribution >= 4 is 21.7 Å². The number of ketones is 1. The van der Waals surface area contributed by atoms with E-state index < -0.39 is 0 Å². The predicted octanol–water partition coefficient (Wildman–Crippen LogP) is 4.24. The summed E-state index contributed by atoms with van der Waals surface area (Å²) in [5, 5.41) is 0. The Kier molecular flexibility index (Phi) is 3.87. The van der Waals surface area contributed by atoms with Gasteiger partial charge in [-0.1, -0.05) is 6.92 Å². The molecule has 0 spiro atoms. The van der Waals surface area contributed by atoms with Crippen LogP contribution in [0.25, 0.3) is 11.1 Å². The van der Waals surface area contributed by atoms with E-state index in [-0.39, 0.29) is 11.6 Å². The van der Waals surface area contributed by atoms with Gasteiger partial charge < -0.3 is 0 Å². The van der Waals surface area contributed by atoms with Gasteiger partial charge in [0.2, 0.25) is 0 Å². The number of Topliss-reactive ketones (excluding diaryl/α,β-unsaturated/α-hetero) is 1. The second-order valence-electron chi connectivity index (χ2n) is 3.83. The number of aromatic nitrogens is 1. The zero-order valence-corrected chi connectivity index (χ0v) is 11.4. The third kappa shape index (κ3) is 2.64. The summed E-state index contributed by atoms with van der Waals surface area (Å²) in [4.78, 5) is 15.9. The fraction of sp³-hybridized carbons (Fsp3) is 0.143. The van der Waals surface area contributed by atoms with E-state index in [1.165, 1.54) is 18.2 Å². The smallest absolute Gasteiger partial charge is 0.163 e. The number of benzene rings is 1. The van der Waals surface area contributed by atoms with Crippen LogP contribution in [0.4, 0.5) is 4.39 Å². The minimum atomic E-state index is -0.356. The minimum Gasteiger partial charge on any atom is -0.294 e. The molecule has 0 radical (unpaired) electrons. The van der Waals surface area contributed by atoms with E-state index in [1.54, 1.807) is 25.3 Å². The van der Waals surface area contributed by atoms with Crippen LogP contribution in [0.2, 0.25) is 0 Å². The highest BCUT2D eigenvalue weighted by Gasteiger charge is 2.12. The zero-order valence-electron chi connectivity index (χ0n) is 9.78. The first kappa shape index (κ1) is 12.9. The van der Waals surface area contributed by atoms with Crippen LogP contribution < -0.4 is 0 Å². The molecule has 0 aliphatic rings. The number of carbonyl (C=O) groups excluding carboxylic acids is 1. The van der Waals surface area contributed by atoms with Gasteiger partial charge in [0.1, 0.15) is 10.4 Å². The number of rotatable bonds is 3. The van der Waals surface area contributed by atoms with Gasteiger partial charge in [-0.25, -0.2) is 9.37 Å². The van der Waals surface area contributed by atoms with Gasteiger partial charge in [0, 0.05) is 18.2 Å². The molecule has 1 aromatic carbocycles. The van der Waals surface area contributed by atoms with Crippen molar-refractivity contribution in [3.8, 4) is 11.1 Å². The Labute approximate surface area is 113 Å². The summed E-state index contributed by atoms with van der Waals surface area (Å²) in [6.45, 7) is 1.79. The first-order valence-corrected chi connectivity index (χ1v) is 6.35. The molecule has 0 bridgehead atoms. The van der Waals surface area contributed by atoms with E-state index in [0.29, 0.717) is 22.2 Å². The number of halogens is 2. The maximum absolute atomic E-state index is 13.4. The SMILES string of the molecule is CCC(=O)c1ccc(F)cc1-c1ccnc(Br)c1. The van der Waals surface area contributed by atoms with Gasteiger partial charge in [0.25, 0.3) is 0 Å². The van der Waals surface area contributed by atoms with E-state index >= 15 is 0 Å². The third-order valence-electron chi connectivity index (χ3n) is 2.64. The Hall–Kier alpha value is -1.55. The number of hydrogen-bond donors (Lipinski definition) is 0. The second kappa shape index (κ2) is 5.40. The maximum Gasteiger partial charge on any atom is 0.163 e. The topological polar surface area (TPSA) is 30.0 Å². The average molecular weight is 308 g/mol. The van der Waals surface area contributed by atoms with E-state index in [1.807, 2.05) is 0 Å². The molecule has 0 saturated heterocycles. The Morgan fingerprint density at radius 1 is 1.33 bits per heavy atom. The molecule has 0 aliphatic heterocycles. The standard InChI is InChI=1S/C14H11BrFNO/c1-2-13(18)11-4-3-10(16)8-12(11)9-5-6-17-14(15)7-9/h3-8H,2H2,1H3. The fourth-order valence-corrected chi connectivity index (χ4v) is 2.12. The van der Waals surface area contributed by atoms with Crippen molar-refractivity contribution in [2.24, 2.45) is 0 Å². The molecule has 2 nitrogen and oxygen atoms in total. The van der Waals surface area contributed by atoms with Gasteiger partial charge >= 0.3 is 0 Å². The molecule has 4 heteroatoms. The molecular formula is C14H11BrFNO. The first-order chi connectivity index (χ1) is 8.61. The summed E-state index contributed by atoms with van der Waals surface area (Å²) in [5.41, 5.74) is 1.91. The van der Waals surface area contributed by atoms with Crippen molar-refractivity contribution in [1.82, 2.24) is 4.98 Å². The molecule has 18 heavy (non-hydrogen) atoms. The van der Waals surface area contributed by atoms with Gasteiger partial charge in [-0.05, 0) is 57.4 Å². The van der Waals surface area contributed by atoms with Crippen molar-refractivity contribution in [3.63, 3.8) is 0 Å². The molecule has 0 aliphatic carbocycles. The lowest BCUT2D eigenvalue weighted by atomic mass is 9.96. The third-order valence-corrected chi connectivity index (χ3v) is 3.07. The van der Waals surface area contributed by atoms with Crippen molar-refractivity contribution < 1.29 is 9.18 Å². The van der Waals surface area contributed by atoms with Crippen molar-refractivity contribution in [2.75, 3.05) is 0 Å². The van der Waals surface area contributed by atoms with E-state index in [9.17, 15) is 9.18 Å². The lowest BCUT2D eigenvalue weighted by Gasteiger charge is -2.08. The van der Waals surface area contributed by atoms with Gasteiger partial charge in [-0.15, -0.1) is 0 Å². The number of pyridine rings is 1. The van der Waals surface area contributed by atoms with Gasteiger partial charge in [0.05, 0.1) is 0 Å². The Balaban J connectivity index is 2.61.